The van der Waals surface area contributed by atoms with Gasteiger partial charge in [-0.15, -0.1) is 0 Å². The highest BCUT2D eigenvalue weighted by Gasteiger charge is 2.44. The number of nitrogens with two attached hydrogens (primary N) is 1. The zero-order valence-electron chi connectivity index (χ0n) is 17.5. The van der Waals surface area contributed by atoms with E-state index >= 15 is 0 Å². The minimum absolute atomic E-state index is 0.0450. The van der Waals surface area contributed by atoms with Crippen molar-refractivity contribution in [3.05, 3.63) is 60.7 Å². The fourth-order valence-electron chi connectivity index (χ4n) is 4.14. The SMILES string of the molecule is Nc1ncc2c(-c3cnn(C4CCNCC4)c3)coc2c1OC(c1ccccc1)C(F)(F)F. The first-order valence-electron chi connectivity index (χ1n) is 10.6. The quantitative estimate of drug-likeness (QED) is 0.444. The minimum atomic E-state index is -4.67. The van der Waals surface area contributed by atoms with Crippen LogP contribution in [0, 0.1) is 0 Å². The number of nitrogens with zero attached hydrogens (tertiary/aromatic N) is 3. The summed E-state index contributed by atoms with van der Waals surface area (Å²) in [5.41, 5.74) is 7.42. The van der Waals surface area contributed by atoms with Crippen LogP contribution in [0.5, 0.6) is 5.75 Å². The zero-order chi connectivity index (χ0) is 23.0. The molecule has 7 nitrogen and oxygen atoms in total. The van der Waals surface area contributed by atoms with Crippen LogP contribution in [-0.2, 0) is 0 Å². The molecule has 1 atom stereocenters. The number of piperidine rings is 1. The summed E-state index contributed by atoms with van der Waals surface area (Å²) in [5.74, 6) is -0.422. The Hall–Kier alpha value is -3.53. The Balaban J connectivity index is 1.51. The molecule has 172 valence electrons. The van der Waals surface area contributed by atoms with E-state index < -0.39 is 12.3 Å². The summed E-state index contributed by atoms with van der Waals surface area (Å²) >= 11 is 0. The normalized spacial score (nSPS) is 16.2. The van der Waals surface area contributed by atoms with Crippen LogP contribution in [0.3, 0.4) is 0 Å². The molecule has 3 N–H and O–H groups in total. The number of fused-ring (bicyclic) bond motifs is 1. The molecule has 1 aliphatic heterocycles. The van der Waals surface area contributed by atoms with Crippen molar-refractivity contribution < 1.29 is 22.3 Å². The van der Waals surface area contributed by atoms with Crippen LogP contribution >= 0.6 is 0 Å². The van der Waals surface area contributed by atoms with Gasteiger partial charge in [-0.3, -0.25) is 4.68 Å². The number of pyridine rings is 1. The molecular formula is C23H22F3N5O2. The molecule has 1 saturated heterocycles. The van der Waals surface area contributed by atoms with Crippen LogP contribution in [0.15, 0.2) is 59.6 Å². The zero-order valence-corrected chi connectivity index (χ0v) is 17.5. The smallest absolute Gasteiger partial charge is 0.429 e. The number of ether oxygens (including phenoxy) is 1. The van der Waals surface area contributed by atoms with Crippen LogP contribution in [0.4, 0.5) is 19.0 Å². The summed E-state index contributed by atoms with van der Waals surface area (Å²) in [4.78, 5) is 4.08. The van der Waals surface area contributed by atoms with Gasteiger partial charge in [-0.25, -0.2) is 4.98 Å². The lowest BCUT2D eigenvalue weighted by molar-refractivity contribution is -0.197. The number of nitrogen functional groups attached to an aromatic ring is 1. The maximum absolute atomic E-state index is 13.8. The number of furan rings is 1. The number of hydrogen-bond acceptors (Lipinski definition) is 6. The number of alkyl halides is 3. The van der Waals surface area contributed by atoms with Crippen molar-refractivity contribution >= 4 is 16.8 Å². The molecule has 0 aliphatic carbocycles. The Bertz CT molecular complexity index is 1250. The van der Waals surface area contributed by atoms with E-state index in [1.807, 2.05) is 10.9 Å². The Kier molecular flexibility index (Phi) is 5.45. The monoisotopic (exact) mass is 457 g/mol. The molecule has 4 aromatic rings. The summed E-state index contributed by atoms with van der Waals surface area (Å²) in [6, 6.07) is 7.67. The third-order valence-electron chi connectivity index (χ3n) is 5.83. The predicted molar refractivity (Wildman–Crippen MR) is 117 cm³/mol. The number of halogens is 3. The fraction of sp³-hybridized carbons (Fsp3) is 0.304. The summed E-state index contributed by atoms with van der Waals surface area (Å²) in [6.07, 6.45) is 1.64. The van der Waals surface area contributed by atoms with Gasteiger partial charge in [0.05, 0.1) is 17.6 Å². The number of anilines is 1. The van der Waals surface area contributed by atoms with Gasteiger partial charge in [-0.2, -0.15) is 18.3 Å². The van der Waals surface area contributed by atoms with Crippen molar-refractivity contribution in [1.82, 2.24) is 20.1 Å². The number of hydrogen-bond donors (Lipinski definition) is 2. The lowest BCUT2D eigenvalue weighted by atomic mass is 10.1. The van der Waals surface area contributed by atoms with Crippen molar-refractivity contribution in [2.24, 2.45) is 0 Å². The van der Waals surface area contributed by atoms with Crippen molar-refractivity contribution in [2.45, 2.75) is 31.2 Å². The van der Waals surface area contributed by atoms with Crippen LogP contribution in [0.1, 0.15) is 30.6 Å². The van der Waals surface area contributed by atoms with Crippen molar-refractivity contribution in [3.8, 4) is 16.9 Å². The van der Waals surface area contributed by atoms with Crippen LogP contribution in [0.25, 0.3) is 22.1 Å². The minimum Gasteiger partial charge on any atom is -0.468 e. The van der Waals surface area contributed by atoms with Gasteiger partial charge < -0.3 is 20.2 Å². The number of rotatable bonds is 5. The Morgan fingerprint density at radius 2 is 1.91 bits per heavy atom. The van der Waals surface area contributed by atoms with Gasteiger partial charge >= 0.3 is 6.18 Å². The molecule has 1 aliphatic rings. The predicted octanol–water partition coefficient (Wildman–Crippen LogP) is 4.88. The van der Waals surface area contributed by atoms with Gasteiger partial charge in [0.2, 0.25) is 11.9 Å². The lowest BCUT2D eigenvalue weighted by Gasteiger charge is -2.22. The van der Waals surface area contributed by atoms with Gasteiger partial charge in [0.1, 0.15) is 6.26 Å². The Morgan fingerprint density at radius 1 is 1.15 bits per heavy atom. The van der Waals surface area contributed by atoms with E-state index in [1.165, 1.54) is 36.7 Å². The van der Waals surface area contributed by atoms with Crippen molar-refractivity contribution in [1.29, 1.82) is 0 Å². The van der Waals surface area contributed by atoms with Crippen LogP contribution in [-0.4, -0.2) is 34.0 Å². The molecule has 33 heavy (non-hydrogen) atoms. The molecule has 0 spiro atoms. The second-order valence-electron chi connectivity index (χ2n) is 8.01. The largest absolute Gasteiger partial charge is 0.468 e. The van der Waals surface area contributed by atoms with E-state index in [0.717, 1.165) is 31.5 Å². The van der Waals surface area contributed by atoms with Gasteiger partial charge in [-0.1, -0.05) is 30.3 Å². The highest BCUT2D eigenvalue weighted by atomic mass is 19.4. The molecule has 5 rings (SSSR count). The van der Waals surface area contributed by atoms with Crippen LogP contribution < -0.4 is 15.8 Å². The average molecular weight is 457 g/mol. The van der Waals surface area contributed by atoms with Gasteiger partial charge in [0.25, 0.3) is 0 Å². The highest BCUT2D eigenvalue weighted by Crippen LogP contribution is 2.43. The molecule has 0 radical (unpaired) electrons. The molecule has 3 aromatic heterocycles. The fourth-order valence-corrected chi connectivity index (χ4v) is 4.14. The molecule has 0 amide bonds. The Labute approximate surface area is 187 Å². The lowest BCUT2D eigenvalue weighted by Crippen LogP contribution is -2.29. The average Bonchev–Trinajstić information content (AvgIpc) is 3.46. The molecule has 10 heteroatoms. The third kappa shape index (κ3) is 4.13. The standard InChI is InChI=1S/C23H22F3N5O2/c24-23(25,26)21(14-4-2-1-3-5-14)33-20-19-17(11-29-22(20)27)18(13-32-19)15-10-30-31(12-15)16-6-8-28-9-7-16/h1-5,10-13,16,21,28H,6-9H2,(H2,27,29). The number of aromatic nitrogens is 3. The van der Waals surface area contributed by atoms with E-state index in [9.17, 15) is 13.2 Å². The first-order chi connectivity index (χ1) is 15.9. The van der Waals surface area contributed by atoms with Gasteiger partial charge in [0.15, 0.2) is 11.4 Å². The van der Waals surface area contributed by atoms with E-state index in [1.54, 1.807) is 12.3 Å². The van der Waals surface area contributed by atoms with Gasteiger partial charge in [-0.05, 0) is 25.9 Å². The van der Waals surface area contributed by atoms with E-state index in [-0.39, 0.29) is 22.7 Å². The summed E-state index contributed by atoms with van der Waals surface area (Å²) in [5, 5.41) is 8.31. The van der Waals surface area contributed by atoms with Crippen LogP contribution in [0.2, 0.25) is 0 Å². The number of nitrogens with one attached hydrogen (secondary N) is 1. The molecule has 0 saturated carbocycles. The third-order valence-corrected chi connectivity index (χ3v) is 5.83. The second-order valence-corrected chi connectivity index (χ2v) is 8.01. The molecule has 1 unspecified atom stereocenters. The maximum Gasteiger partial charge on any atom is 0.429 e. The molecular weight excluding hydrogens is 435 g/mol. The van der Waals surface area contributed by atoms with E-state index in [0.29, 0.717) is 17.0 Å². The molecule has 1 aromatic carbocycles. The molecule has 4 heterocycles. The van der Waals surface area contributed by atoms with Crippen molar-refractivity contribution in [3.63, 3.8) is 0 Å². The van der Waals surface area contributed by atoms with Crippen molar-refractivity contribution in [2.75, 3.05) is 18.8 Å². The Morgan fingerprint density at radius 3 is 2.64 bits per heavy atom. The number of benzene rings is 1. The van der Waals surface area contributed by atoms with E-state index in [2.05, 4.69) is 15.4 Å². The molecule has 1 fully saturated rings. The molecule has 0 bridgehead atoms. The summed E-state index contributed by atoms with van der Waals surface area (Å²) in [7, 11) is 0. The van der Waals surface area contributed by atoms with Gasteiger partial charge in [0, 0.05) is 29.1 Å². The highest BCUT2D eigenvalue weighted by molar-refractivity contribution is 5.97. The maximum atomic E-state index is 13.8. The van der Waals surface area contributed by atoms with E-state index in [4.69, 9.17) is 14.9 Å². The summed E-state index contributed by atoms with van der Waals surface area (Å²) < 4.78 is 54.5. The first-order valence-corrected chi connectivity index (χ1v) is 10.6. The topological polar surface area (TPSA) is 91.1 Å². The second kappa shape index (κ2) is 8.43. The summed E-state index contributed by atoms with van der Waals surface area (Å²) in [6.45, 7) is 1.86. The first kappa shape index (κ1) is 21.3.